The van der Waals surface area contributed by atoms with E-state index < -0.39 is 0 Å². The highest BCUT2D eigenvalue weighted by Gasteiger charge is 2.33. The first kappa shape index (κ1) is 17.0. The number of pyridine rings is 1. The van der Waals surface area contributed by atoms with Crippen molar-refractivity contribution in [2.75, 3.05) is 13.1 Å². The number of piperidine rings is 1. The van der Waals surface area contributed by atoms with Crippen molar-refractivity contribution in [2.24, 2.45) is 11.8 Å². The third-order valence-electron chi connectivity index (χ3n) is 5.91. The van der Waals surface area contributed by atoms with Gasteiger partial charge in [-0.1, -0.05) is 55.7 Å². The standard InChI is InChI=1S/C23H26N2O/c26-23(25-15-13-19-7-1-2-9-21(19)17-25)22-10-4-3-8-20(22)12-11-18-6-5-14-24-16-18/h3-6,8,10-12,14,16,19,21H,1-2,7,9,13,15,17H2/b12-11+/t19-,21-/m0/s1. The molecule has 26 heavy (non-hydrogen) atoms. The van der Waals surface area contributed by atoms with Crippen molar-refractivity contribution in [2.45, 2.75) is 32.1 Å². The van der Waals surface area contributed by atoms with Crippen LogP contribution in [0.25, 0.3) is 12.2 Å². The summed E-state index contributed by atoms with van der Waals surface area (Å²) in [4.78, 5) is 19.4. The van der Waals surface area contributed by atoms with E-state index in [1.165, 1.54) is 32.1 Å². The molecule has 134 valence electrons. The monoisotopic (exact) mass is 346 g/mol. The maximum atomic E-state index is 13.2. The Hall–Kier alpha value is -2.42. The van der Waals surface area contributed by atoms with Gasteiger partial charge >= 0.3 is 0 Å². The van der Waals surface area contributed by atoms with Gasteiger partial charge in [0.15, 0.2) is 0 Å². The van der Waals surface area contributed by atoms with Gasteiger partial charge in [0.1, 0.15) is 0 Å². The molecule has 4 rings (SSSR count). The topological polar surface area (TPSA) is 33.2 Å². The highest BCUT2D eigenvalue weighted by molar-refractivity contribution is 5.98. The summed E-state index contributed by atoms with van der Waals surface area (Å²) in [6, 6.07) is 11.9. The Bertz CT molecular complexity index is 784. The fourth-order valence-electron chi connectivity index (χ4n) is 4.45. The van der Waals surface area contributed by atoms with Gasteiger partial charge in [-0.05, 0) is 47.9 Å². The van der Waals surface area contributed by atoms with E-state index in [0.717, 1.165) is 35.7 Å². The molecule has 1 saturated carbocycles. The van der Waals surface area contributed by atoms with Crippen LogP contribution in [0, 0.1) is 11.8 Å². The molecule has 0 N–H and O–H groups in total. The van der Waals surface area contributed by atoms with E-state index in [1.807, 2.05) is 54.7 Å². The first-order valence-corrected chi connectivity index (χ1v) is 9.77. The fourth-order valence-corrected chi connectivity index (χ4v) is 4.45. The number of carbonyl (C=O) groups excluding carboxylic acids is 1. The molecule has 2 atom stereocenters. The number of nitrogens with zero attached hydrogens (tertiary/aromatic N) is 2. The zero-order valence-corrected chi connectivity index (χ0v) is 15.2. The zero-order valence-electron chi connectivity index (χ0n) is 15.2. The van der Waals surface area contributed by atoms with Crippen LogP contribution in [-0.4, -0.2) is 28.9 Å². The lowest BCUT2D eigenvalue weighted by atomic mass is 9.75. The van der Waals surface area contributed by atoms with Crippen LogP contribution < -0.4 is 0 Å². The number of benzene rings is 1. The molecule has 0 spiro atoms. The summed E-state index contributed by atoms with van der Waals surface area (Å²) in [6.45, 7) is 1.84. The van der Waals surface area contributed by atoms with Crippen LogP contribution in [0.4, 0.5) is 0 Å². The van der Waals surface area contributed by atoms with Crippen LogP contribution in [0.3, 0.4) is 0 Å². The summed E-state index contributed by atoms with van der Waals surface area (Å²) in [5.41, 5.74) is 2.83. The normalized spacial score (nSPS) is 23.0. The summed E-state index contributed by atoms with van der Waals surface area (Å²) >= 11 is 0. The molecule has 1 aromatic heterocycles. The van der Waals surface area contributed by atoms with Crippen molar-refractivity contribution in [1.29, 1.82) is 0 Å². The van der Waals surface area contributed by atoms with Crippen molar-refractivity contribution in [3.8, 4) is 0 Å². The highest BCUT2D eigenvalue weighted by atomic mass is 16.2. The van der Waals surface area contributed by atoms with E-state index in [1.54, 1.807) is 6.20 Å². The Kier molecular flexibility index (Phi) is 5.14. The van der Waals surface area contributed by atoms with Crippen LogP contribution in [0.5, 0.6) is 0 Å². The Balaban J connectivity index is 1.52. The minimum absolute atomic E-state index is 0.181. The fraction of sp³-hybridized carbons (Fsp3) is 0.391. The summed E-state index contributed by atoms with van der Waals surface area (Å²) < 4.78 is 0. The van der Waals surface area contributed by atoms with Crippen molar-refractivity contribution in [1.82, 2.24) is 9.88 Å². The molecular formula is C23H26N2O. The highest BCUT2D eigenvalue weighted by Crippen LogP contribution is 2.36. The SMILES string of the molecule is O=C(c1ccccc1/C=C/c1cccnc1)N1CC[C@@H]2CCCC[C@H]2C1. The number of aromatic nitrogens is 1. The van der Waals surface area contributed by atoms with Gasteiger partial charge in [-0.15, -0.1) is 0 Å². The lowest BCUT2D eigenvalue weighted by Gasteiger charge is -2.41. The van der Waals surface area contributed by atoms with Crippen molar-refractivity contribution >= 4 is 18.1 Å². The lowest BCUT2D eigenvalue weighted by molar-refractivity contribution is 0.0520. The molecule has 1 amide bonds. The van der Waals surface area contributed by atoms with E-state index in [4.69, 9.17) is 0 Å². The zero-order chi connectivity index (χ0) is 17.8. The molecule has 1 saturated heterocycles. The molecule has 1 aromatic carbocycles. The van der Waals surface area contributed by atoms with Gasteiger partial charge in [-0.25, -0.2) is 0 Å². The summed E-state index contributed by atoms with van der Waals surface area (Å²) in [5, 5.41) is 0. The minimum Gasteiger partial charge on any atom is -0.338 e. The van der Waals surface area contributed by atoms with Crippen LogP contribution in [0.1, 0.15) is 53.6 Å². The van der Waals surface area contributed by atoms with Gasteiger partial charge in [0.25, 0.3) is 5.91 Å². The van der Waals surface area contributed by atoms with Crippen LogP contribution in [0.15, 0.2) is 48.8 Å². The number of fused-ring (bicyclic) bond motifs is 1. The number of hydrogen-bond acceptors (Lipinski definition) is 2. The molecule has 2 fully saturated rings. The molecule has 3 nitrogen and oxygen atoms in total. The van der Waals surface area contributed by atoms with Crippen molar-refractivity contribution in [3.63, 3.8) is 0 Å². The quantitative estimate of drug-likeness (QED) is 0.791. The molecule has 2 heterocycles. The predicted molar refractivity (Wildman–Crippen MR) is 106 cm³/mol. The van der Waals surface area contributed by atoms with Gasteiger partial charge < -0.3 is 4.90 Å². The molecule has 0 radical (unpaired) electrons. The predicted octanol–water partition coefficient (Wildman–Crippen LogP) is 4.90. The minimum atomic E-state index is 0.181. The Morgan fingerprint density at radius 3 is 2.69 bits per heavy atom. The second-order valence-corrected chi connectivity index (χ2v) is 7.55. The maximum absolute atomic E-state index is 13.2. The molecule has 2 aromatic rings. The Labute approximate surface area is 155 Å². The molecule has 2 aliphatic rings. The average molecular weight is 346 g/mol. The van der Waals surface area contributed by atoms with Gasteiger partial charge in [-0.3, -0.25) is 9.78 Å². The lowest BCUT2D eigenvalue weighted by Crippen LogP contribution is -2.44. The van der Waals surface area contributed by atoms with E-state index in [9.17, 15) is 4.79 Å². The molecule has 0 unspecified atom stereocenters. The van der Waals surface area contributed by atoms with Crippen LogP contribution >= 0.6 is 0 Å². The van der Waals surface area contributed by atoms with Crippen LogP contribution in [-0.2, 0) is 0 Å². The van der Waals surface area contributed by atoms with Gasteiger partial charge in [0, 0.05) is 31.0 Å². The molecule has 0 bridgehead atoms. The van der Waals surface area contributed by atoms with Gasteiger partial charge in [0.2, 0.25) is 0 Å². The first-order valence-electron chi connectivity index (χ1n) is 9.77. The van der Waals surface area contributed by atoms with Crippen LogP contribution in [0.2, 0.25) is 0 Å². The number of rotatable bonds is 3. The van der Waals surface area contributed by atoms with Gasteiger partial charge in [-0.2, -0.15) is 0 Å². The van der Waals surface area contributed by atoms with E-state index in [0.29, 0.717) is 5.92 Å². The first-order chi connectivity index (χ1) is 12.8. The number of amides is 1. The summed E-state index contributed by atoms with van der Waals surface area (Å²) in [7, 11) is 0. The smallest absolute Gasteiger partial charge is 0.254 e. The second-order valence-electron chi connectivity index (χ2n) is 7.55. The maximum Gasteiger partial charge on any atom is 0.254 e. The van der Waals surface area contributed by atoms with Crippen molar-refractivity contribution < 1.29 is 4.79 Å². The largest absolute Gasteiger partial charge is 0.338 e. The van der Waals surface area contributed by atoms with E-state index in [-0.39, 0.29) is 5.91 Å². The molecular weight excluding hydrogens is 320 g/mol. The van der Waals surface area contributed by atoms with E-state index >= 15 is 0 Å². The number of carbonyl (C=O) groups is 1. The third kappa shape index (κ3) is 3.72. The van der Waals surface area contributed by atoms with E-state index in [2.05, 4.69) is 9.88 Å². The second kappa shape index (κ2) is 7.86. The Morgan fingerprint density at radius 2 is 1.85 bits per heavy atom. The number of hydrogen-bond donors (Lipinski definition) is 0. The Morgan fingerprint density at radius 1 is 1.00 bits per heavy atom. The van der Waals surface area contributed by atoms with Gasteiger partial charge in [0.05, 0.1) is 0 Å². The summed E-state index contributed by atoms with van der Waals surface area (Å²) in [6.07, 6.45) is 14.2. The number of likely N-dealkylation sites (tertiary alicyclic amines) is 1. The molecule has 1 aliphatic heterocycles. The van der Waals surface area contributed by atoms with Crippen molar-refractivity contribution in [3.05, 3.63) is 65.5 Å². The average Bonchev–Trinajstić information content (AvgIpc) is 2.72. The summed E-state index contributed by atoms with van der Waals surface area (Å²) in [5.74, 6) is 1.73. The molecule has 1 aliphatic carbocycles. The molecule has 3 heteroatoms. The third-order valence-corrected chi connectivity index (χ3v) is 5.91.